The predicted octanol–water partition coefficient (Wildman–Crippen LogP) is 4.43. The monoisotopic (exact) mass is 293 g/mol. The van der Waals surface area contributed by atoms with Crippen LogP contribution in [0.2, 0.25) is 0 Å². The van der Waals surface area contributed by atoms with Crippen LogP contribution in [0.1, 0.15) is 57.4 Å². The molecule has 0 aromatic heterocycles. The number of halogens is 1. The van der Waals surface area contributed by atoms with Gasteiger partial charge in [-0.3, -0.25) is 0 Å². The average molecular weight is 293 g/mol. The van der Waals surface area contributed by atoms with Gasteiger partial charge in [-0.2, -0.15) is 0 Å². The summed E-state index contributed by atoms with van der Waals surface area (Å²) in [5.74, 6) is -0.165. The molecule has 0 bridgehead atoms. The first-order valence-electron chi connectivity index (χ1n) is 8.39. The fraction of sp³-hybridized carbons (Fsp3) is 0.667. The normalized spacial score (nSPS) is 23.5. The van der Waals surface area contributed by atoms with Gasteiger partial charge in [0.25, 0.3) is 0 Å². The molecule has 1 fully saturated rings. The van der Waals surface area contributed by atoms with Crippen LogP contribution in [0.4, 0.5) is 4.39 Å². The van der Waals surface area contributed by atoms with Crippen molar-refractivity contribution in [1.82, 2.24) is 5.32 Å². The van der Waals surface area contributed by atoms with E-state index in [2.05, 4.69) is 12.2 Å². The Morgan fingerprint density at radius 2 is 1.90 bits per heavy atom. The summed E-state index contributed by atoms with van der Waals surface area (Å²) in [6.07, 6.45) is 8.68. The lowest BCUT2D eigenvalue weighted by Crippen LogP contribution is -2.42. The molecule has 21 heavy (non-hydrogen) atoms. The molecule has 0 aliphatic heterocycles. The van der Waals surface area contributed by atoms with Crippen molar-refractivity contribution in [2.24, 2.45) is 0 Å². The highest BCUT2D eigenvalue weighted by Crippen LogP contribution is 2.22. The number of rotatable bonds is 6. The van der Waals surface area contributed by atoms with E-state index in [1.165, 1.54) is 38.2 Å². The number of ether oxygens (including phenoxy) is 1. The first kappa shape index (κ1) is 16.4. The van der Waals surface area contributed by atoms with E-state index in [-0.39, 0.29) is 11.9 Å². The van der Waals surface area contributed by atoms with Gasteiger partial charge >= 0.3 is 0 Å². The Morgan fingerprint density at radius 1 is 1.14 bits per heavy atom. The molecule has 118 valence electrons. The Hall–Kier alpha value is -0.930. The van der Waals surface area contributed by atoms with Crippen molar-refractivity contribution in [2.75, 3.05) is 6.54 Å². The van der Waals surface area contributed by atoms with E-state index in [0.717, 1.165) is 19.4 Å². The molecule has 2 rings (SSSR count). The molecule has 2 atom stereocenters. The third-order valence-electron chi connectivity index (χ3n) is 4.27. The Labute approximate surface area is 128 Å². The summed E-state index contributed by atoms with van der Waals surface area (Å²) in [5.41, 5.74) is 0.661. The number of hydrogen-bond acceptors (Lipinski definition) is 2. The van der Waals surface area contributed by atoms with Crippen molar-refractivity contribution >= 4 is 0 Å². The van der Waals surface area contributed by atoms with Crippen molar-refractivity contribution < 1.29 is 9.13 Å². The van der Waals surface area contributed by atoms with Crippen LogP contribution in [0.25, 0.3) is 0 Å². The third kappa shape index (κ3) is 5.40. The van der Waals surface area contributed by atoms with Crippen molar-refractivity contribution in [3.05, 3.63) is 35.6 Å². The van der Waals surface area contributed by atoms with Gasteiger partial charge in [-0.1, -0.05) is 50.8 Å². The topological polar surface area (TPSA) is 21.3 Å². The van der Waals surface area contributed by atoms with Gasteiger partial charge in [0.05, 0.1) is 12.7 Å². The summed E-state index contributed by atoms with van der Waals surface area (Å²) in [6, 6.07) is 7.32. The Morgan fingerprint density at radius 3 is 2.67 bits per heavy atom. The number of hydrogen-bond donors (Lipinski definition) is 1. The maximum absolute atomic E-state index is 13.7. The zero-order chi connectivity index (χ0) is 14.9. The second kappa shape index (κ2) is 9.16. The SMILES string of the molecule is CCCNC1CCCCCCC1OCc1ccccc1F. The van der Waals surface area contributed by atoms with Gasteiger partial charge < -0.3 is 10.1 Å². The summed E-state index contributed by atoms with van der Waals surface area (Å²) < 4.78 is 19.8. The van der Waals surface area contributed by atoms with Crippen molar-refractivity contribution in [3.8, 4) is 0 Å². The highest BCUT2D eigenvalue weighted by Gasteiger charge is 2.23. The molecule has 0 radical (unpaired) electrons. The maximum Gasteiger partial charge on any atom is 0.128 e. The Kier molecular flexibility index (Phi) is 7.17. The molecule has 0 spiro atoms. The van der Waals surface area contributed by atoms with Crippen LogP contribution in [-0.4, -0.2) is 18.7 Å². The van der Waals surface area contributed by atoms with Gasteiger partial charge in [0.2, 0.25) is 0 Å². The molecule has 0 saturated heterocycles. The lowest BCUT2D eigenvalue weighted by Gasteiger charge is -2.30. The average Bonchev–Trinajstić information content (AvgIpc) is 2.47. The molecule has 2 unspecified atom stereocenters. The minimum absolute atomic E-state index is 0.165. The second-order valence-electron chi connectivity index (χ2n) is 5.99. The van der Waals surface area contributed by atoms with E-state index in [1.807, 2.05) is 12.1 Å². The van der Waals surface area contributed by atoms with E-state index in [0.29, 0.717) is 18.2 Å². The van der Waals surface area contributed by atoms with Crippen molar-refractivity contribution in [3.63, 3.8) is 0 Å². The van der Waals surface area contributed by atoms with Crippen molar-refractivity contribution in [1.29, 1.82) is 0 Å². The summed E-state index contributed by atoms with van der Waals surface area (Å²) in [4.78, 5) is 0. The van der Waals surface area contributed by atoms with E-state index in [4.69, 9.17) is 4.74 Å². The first-order valence-corrected chi connectivity index (χ1v) is 8.39. The summed E-state index contributed by atoms with van der Waals surface area (Å²) in [6.45, 7) is 3.59. The van der Waals surface area contributed by atoms with Crippen LogP contribution in [0.3, 0.4) is 0 Å². The largest absolute Gasteiger partial charge is 0.372 e. The van der Waals surface area contributed by atoms with E-state index in [1.54, 1.807) is 6.07 Å². The van der Waals surface area contributed by atoms with Gasteiger partial charge in [-0.15, -0.1) is 0 Å². The molecule has 1 aromatic rings. The molecule has 0 amide bonds. The molecule has 0 heterocycles. The summed E-state index contributed by atoms with van der Waals surface area (Å²) >= 11 is 0. The van der Waals surface area contributed by atoms with Crippen LogP contribution < -0.4 is 5.32 Å². The Bertz CT molecular complexity index is 408. The second-order valence-corrected chi connectivity index (χ2v) is 5.99. The Balaban J connectivity index is 1.93. The van der Waals surface area contributed by atoms with Gasteiger partial charge in [-0.25, -0.2) is 4.39 Å². The molecule has 1 N–H and O–H groups in total. The van der Waals surface area contributed by atoms with Crippen LogP contribution >= 0.6 is 0 Å². The summed E-state index contributed by atoms with van der Waals surface area (Å²) in [5, 5.41) is 3.62. The molecule has 1 aliphatic rings. The molecule has 3 heteroatoms. The smallest absolute Gasteiger partial charge is 0.128 e. The highest BCUT2D eigenvalue weighted by atomic mass is 19.1. The fourth-order valence-electron chi connectivity index (χ4n) is 3.03. The van der Waals surface area contributed by atoms with Crippen LogP contribution in [0, 0.1) is 5.82 Å². The fourth-order valence-corrected chi connectivity index (χ4v) is 3.03. The molecule has 1 aliphatic carbocycles. The zero-order valence-corrected chi connectivity index (χ0v) is 13.1. The predicted molar refractivity (Wildman–Crippen MR) is 84.8 cm³/mol. The maximum atomic E-state index is 13.7. The molecular formula is C18H28FNO. The first-order chi connectivity index (χ1) is 10.3. The molecule has 1 saturated carbocycles. The van der Waals surface area contributed by atoms with Crippen molar-refractivity contribution in [2.45, 2.75) is 70.6 Å². The number of nitrogens with one attached hydrogen (secondary N) is 1. The van der Waals surface area contributed by atoms with E-state index < -0.39 is 0 Å². The zero-order valence-electron chi connectivity index (χ0n) is 13.1. The molecule has 1 aromatic carbocycles. The van der Waals surface area contributed by atoms with Gasteiger partial charge in [0.15, 0.2) is 0 Å². The van der Waals surface area contributed by atoms with Gasteiger partial charge in [-0.05, 0) is 31.9 Å². The van der Waals surface area contributed by atoms with E-state index >= 15 is 0 Å². The summed E-state index contributed by atoms with van der Waals surface area (Å²) in [7, 11) is 0. The minimum atomic E-state index is -0.165. The minimum Gasteiger partial charge on any atom is -0.372 e. The lowest BCUT2D eigenvalue weighted by molar-refractivity contribution is 0.00135. The highest BCUT2D eigenvalue weighted by molar-refractivity contribution is 5.16. The van der Waals surface area contributed by atoms with Crippen LogP contribution in [0.5, 0.6) is 0 Å². The lowest BCUT2D eigenvalue weighted by atomic mass is 9.94. The third-order valence-corrected chi connectivity index (χ3v) is 4.27. The molecule has 2 nitrogen and oxygen atoms in total. The van der Waals surface area contributed by atoms with E-state index in [9.17, 15) is 4.39 Å². The molecular weight excluding hydrogens is 265 g/mol. The standard InChI is InChI=1S/C18H28FNO/c1-2-13-20-17-11-5-3-4-6-12-18(17)21-14-15-9-7-8-10-16(15)19/h7-10,17-18,20H,2-6,11-14H2,1H3. The quantitative estimate of drug-likeness (QED) is 0.837. The van der Waals surface area contributed by atoms with Gasteiger partial charge in [0.1, 0.15) is 5.82 Å². The van der Waals surface area contributed by atoms with Crippen LogP contribution in [0.15, 0.2) is 24.3 Å². The van der Waals surface area contributed by atoms with Gasteiger partial charge in [0, 0.05) is 11.6 Å². The van der Waals surface area contributed by atoms with Crippen LogP contribution in [-0.2, 0) is 11.3 Å². The number of benzene rings is 1.